The Balaban J connectivity index is 1.71. The maximum atomic E-state index is 12.8. The lowest BCUT2D eigenvalue weighted by Crippen LogP contribution is -2.09. The average Bonchev–Trinajstić information content (AvgIpc) is 2.58. The minimum Gasteiger partial charge on any atom is -0.289 e. The first-order valence-electron chi connectivity index (χ1n) is 7.64. The predicted molar refractivity (Wildman–Crippen MR) is 91.0 cm³/mol. The van der Waals surface area contributed by atoms with Crippen LogP contribution in [0.2, 0.25) is 0 Å². The summed E-state index contributed by atoms with van der Waals surface area (Å²) in [5.74, 6) is 0.181. The van der Waals surface area contributed by atoms with Crippen molar-refractivity contribution < 1.29 is 4.79 Å². The van der Waals surface area contributed by atoms with E-state index in [2.05, 4.69) is 42.5 Å². The molecular weight excluding hydrogens is 268 g/mol. The second-order valence-corrected chi connectivity index (χ2v) is 5.74. The van der Waals surface area contributed by atoms with E-state index >= 15 is 0 Å². The third kappa shape index (κ3) is 2.15. The summed E-state index contributed by atoms with van der Waals surface area (Å²) in [6.45, 7) is 0. The summed E-state index contributed by atoms with van der Waals surface area (Å²) in [6, 6.07) is 22.5. The number of ketones is 1. The van der Waals surface area contributed by atoms with Crippen molar-refractivity contribution in [2.24, 2.45) is 0 Å². The SMILES string of the molecule is O=C1C(CCc2ccccc2)=Cc2cccc3cccc1c23. The predicted octanol–water partition coefficient (Wildman–Crippen LogP) is 5.05. The molecule has 0 fully saturated rings. The second kappa shape index (κ2) is 5.27. The molecule has 22 heavy (non-hydrogen) atoms. The molecule has 0 aromatic heterocycles. The molecule has 0 saturated heterocycles. The van der Waals surface area contributed by atoms with Crippen molar-refractivity contribution in [3.63, 3.8) is 0 Å². The highest BCUT2D eigenvalue weighted by Crippen LogP contribution is 2.32. The average molecular weight is 284 g/mol. The van der Waals surface area contributed by atoms with Gasteiger partial charge in [0.15, 0.2) is 5.78 Å². The third-order valence-electron chi connectivity index (χ3n) is 4.33. The third-order valence-corrected chi connectivity index (χ3v) is 4.33. The van der Waals surface area contributed by atoms with Crippen molar-refractivity contribution in [3.05, 3.63) is 89.0 Å². The molecule has 3 aromatic rings. The second-order valence-electron chi connectivity index (χ2n) is 5.74. The lowest BCUT2D eigenvalue weighted by Gasteiger charge is -2.17. The fourth-order valence-corrected chi connectivity index (χ4v) is 3.22. The van der Waals surface area contributed by atoms with Crippen LogP contribution < -0.4 is 0 Å². The normalized spacial score (nSPS) is 13.3. The molecular formula is C21H16O. The first-order valence-corrected chi connectivity index (χ1v) is 7.64. The van der Waals surface area contributed by atoms with Crippen LogP contribution in [-0.2, 0) is 6.42 Å². The molecule has 0 atom stereocenters. The number of hydrogen-bond acceptors (Lipinski definition) is 1. The summed E-state index contributed by atoms with van der Waals surface area (Å²) in [7, 11) is 0. The fourth-order valence-electron chi connectivity index (χ4n) is 3.22. The molecule has 0 bridgehead atoms. The van der Waals surface area contributed by atoms with Gasteiger partial charge in [-0.1, -0.05) is 66.7 Å². The van der Waals surface area contributed by atoms with Crippen LogP contribution in [0.15, 0.2) is 72.3 Å². The number of benzene rings is 3. The number of carbonyl (C=O) groups is 1. The van der Waals surface area contributed by atoms with Crippen LogP contribution in [-0.4, -0.2) is 5.78 Å². The topological polar surface area (TPSA) is 17.1 Å². The van der Waals surface area contributed by atoms with Crippen molar-refractivity contribution in [2.75, 3.05) is 0 Å². The molecule has 106 valence electrons. The number of Topliss-reactive ketones (excluding diaryl/α,β-unsaturated/α-hetero) is 1. The van der Waals surface area contributed by atoms with Gasteiger partial charge in [0.25, 0.3) is 0 Å². The highest BCUT2D eigenvalue weighted by atomic mass is 16.1. The lowest BCUT2D eigenvalue weighted by atomic mass is 9.86. The minimum absolute atomic E-state index is 0.181. The summed E-state index contributed by atoms with van der Waals surface area (Å²) in [5.41, 5.74) is 4.19. The molecule has 0 unspecified atom stereocenters. The molecule has 0 aliphatic heterocycles. The maximum absolute atomic E-state index is 12.8. The van der Waals surface area contributed by atoms with Gasteiger partial charge in [0.05, 0.1) is 0 Å². The first kappa shape index (κ1) is 13.0. The van der Waals surface area contributed by atoms with Crippen LogP contribution in [0.5, 0.6) is 0 Å². The Labute approximate surface area is 129 Å². The van der Waals surface area contributed by atoms with Crippen LogP contribution in [0, 0.1) is 0 Å². The van der Waals surface area contributed by atoms with Crippen molar-refractivity contribution in [2.45, 2.75) is 12.8 Å². The summed E-state index contributed by atoms with van der Waals surface area (Å²) in [4.78, 5) is 12.8. The molecule has 1 heteroatoms. The van der Waals surface area contributed by atoms with Gasteiger partial charge in [-0.3, -0.25) is 4.79 Å². The molecule has 0 saturated carbocycles. The maximum Gasteiger partial charge on any atom is 0.189 e. The standard InChI is InChI=1S/C21H16O/c22-21-18(13-12-15-6-2-1-3-7-15)14-17-10-4-8-16-9-5-11-19(21)20(16)17/h1-11,14H,12-13H2. The van der Waals surface area contributed by atoms with Gasteiger partial charge in [-0.25, -0.2) is 0 Å². The number of aryl methyl sites for hydroxylation is 1. The van der Waals surface area contributed by atoms with Crippen LogP contribution in [0.25, 0.3) is 16.8 Å². The first-order chi connectivity index (χ1) is 10.8. The van der Waals surface area contributed by atoms with Crippen LogP contribution in [0.1, 0.15) is 27.9 Å². The van der Waals surface area contributed by atoms with Crippen LogP contribution in [0.4, 0.5) is 0 Å². The Morgan fingerprint density at radius 3 is 2.32 bits per heavy atom. The van der Waals surface area contributed by atoms with E-state index in [0.717, 1.165) is 40.3 Å². The molecule has 3 aromatic carbocycles. The van der Waals surface area contributed by atoms with Gasteiger partial charge in [0.1, 0.15) is 0 Å². The van der Waals surface area contributed by atoms with E-state index in [1.165, 1.54) is 5.56 Å². The monoisotopic (exact) mass is 284 g/mol. The quantitative estimate of drug-likeness (QED) is 0.657. The molecule has 0 radical (unpaired) electrons. The Kier molecular flexibility index (Phi) is 3.12. The van der Waals surface area contributed by atoms with E-state index in [0.29, 0.717) is 0 Å². The van der Waals surface area contributed by atoms with Gasteiger partial charge < -0.3 is 0 Å². The molecule has 1 aliphatic carbocycles. The molecule has 1 aliphatic rings. The number of hydrogen-bond donors (Lipinski definition) is 0. The van der Waals surface area contributed by atoms with Crippen molar-refractivity contribution in [3.8, 4) is 0 Å². The molecule has 0 heterocycles. The number of rotatable bonds is 3. The van der Waals surface area contributed by atoms with Gasteiger partial charge in [-0.2, -0.15) is 0 Å². The van der Waals surface area contributed by atoms with Gasteiger partial charge >= 0.3 is 0 Å². The van der Waals surface area contributed by atoms with E-state index in [1.807, 2.05) is 30.3 Å². The lowest BCUT2D eigenvalue weighted by molar-refractivity contribution is 0.103. The molecule has 1 nitrogen and oxygen atoms in total. The van der Waals surface area contributed by atoms with E-state index in [4.69, 9.17) is 0 Å². The van der Waals surface area contributed by atoms with E-state index in [9.17, 15) is 4.79 Å². The summed E-state index contributed by atoms with van der Waals surface area (Å²) < 4.78 is 0. The Hall–Kier alpha value is -2.67. The van der Waals surface area contributed by atoms with Gasteiger partial charge in [0.2, 0.25) is 0 Å². The van der Waals surface area contributed by atoms with Gasteiger partial charge in [-0.05, 0) is 35.4 Å². The van der Waals surface area contributed by atoms with Crippen molar-refractivity contribution >= 4 is 22.6 Å². The minimum atomic E-state index is 0.181. The summed E-state index contributed by atoms with van der Waals surface area (Å²) >= 11 is 0. The molecule has 0 N–H and O–H groups in total. The smallest absolute Gasteiger partial charge is 0.189 e. The van der Waals surface area contributed by atoms with Crippen molar-refractivity contribution in [1.82, 2.24) is 0 Å². The van der Waals surface area contributed by atoms with Crippen LogP contribution >= 0.6 is 0 Å². The summed E-state index contributed by atoms with van der Waals surface area (Å²) in [6.07, 6.45) is 3.75. The Bertz CT molecular complexity index is 883. The van der Waals surface area contributed by atoms with E-state index < -0.39 is 0 Å². The summed E-state index contributed by atoms with van der Waals surface area (Å²) in [5, 5.41) is 2.24. The zero-order valence-corrected chi connectivity index (χ0v) is 12.3. The van der Waals surface area contributed by atoms with Gasteiger partial charge in [0, 0.05) is 16.5 Å². The zero-order valence-electron chi connectivity index (χ0n) is 12.3. The fraction of sp³-hybridized carbons (Fsp3) is 0.0952. The van der Waals surface area contributed by atoms with Crippen molar-refractivity contribution in [1.29, 1.82) is 0 Å². The molecule has 0 amide bonds. The number of allylic oxidation sites excluding steroid dienone is 1. The molecule has 0 spiro atoms. The van der Waals surface area contributed by atoms with E-state index in [1.54, 1.807) is 0 Å². The zero-order chi connectivity index (χ0) is 14.9. The Morgan fingerprint density at radius 1 is 0.727 bits per heavy atom. The Morgan fingerprint density at radius 2 is 1.50 bits per heavy atom. The highest BCUT2D eigenvalue weighted by molar-refractivity contribution is 6.22. The number of carbonyl (C=O) groups excluding carboxylic acids is 1. The van der Waals surface area contributed by atoms with E-state index in [-0.39, 0.29) is 5.78 Å². The van der Waals surface area contributed by atoms with Crippen LogP contribution in [0.3, 0.4) is 0 Å². The highest BCUT2D eigenvalue weighted by Gasteiger charge is 2.21. The molecule has 4 rings (SSSR count). The largest absolute Gasteiger partial charge is 0.289 e. The van der Waals surface area contributed by atoms with Gasteiger partial charge in [-0.15, -0.1) is 0 Å².